The topological polar surface area (TPSA) is 72.2 Å². The van der Waals surface area contributed by atoms with Crippen LogP contribution in [0.15, 0.2) is 17.0 Å². The molecule has 0 spiro atoms. The summed E-state index contributed by atoms with van der Waals surface area (Å²) in [6.45, 7) is 0.166. The summed E-state index contributed by atoms with van der Waals surface area (Å²) >= 11 is 1.55. The van der Waals surface area contributed by atoms with Crippen molar-refractivity contribution >= 4 is 27.5 Å². The van der Waals surface area contributed by atoms with Gasteiger partial charge in [0.25, 0.3) is 0 Å². The smallest absolute Gasteiger partial charge is 0.246 e. The number of benzene rings is 1. The van der Waals surface area contributed by atoms with Crippen LogP contribution >= 0.6 is 11.8 Å². The second-order valence-electron chi connectivity index (χ2n) is 4.53. The van der Waals surface area contributed by atoms with E-state index in [1.165, 1.54) is 0 Å². The zero-order valence-electron chi connectivity index (χ0n) is 10.2. The van der Waals surface area contributed by atoms with E-state index >= 15 is 0 Å². The van der Waals surface area contributed by atoms with Crippen molar-refractivity contribution in [1.29, 1.82) is 0 Å². The Hall–Kier alpha value is -0.860. The van der Waals surface area contributed by atoms with Gasteiger partial charge in [0.1, 0.15) is 11.6 Å². The van der Waals surface area contributed by atoms with Gasteiger partial charge in [-0.3, -0.25) is 0 Å². The van der Waals surface area contributed by atoms with E-state index in [0.717, 1.165) is 25.0 Å². The SMILES string of the molecule is CSC1(CNS(=O)(=O)c2c(F)cc(N)cc2F)CC1. The minimum atomic E-state index is -4.21. The van der Waals surface area contributed by atoms with Gasteiger partial charge >= 0.3 is 0 Å². The second-order valence-corrected chi connectivity index (χ2v) is 7.50. The van der Waals surface area contributed by atoms with Crippen LogP contribution in [-0.4, -0.2) is 26.0 Å². The lowest BCUT2D eigenvalue weighted by Gasteiger charge is -2.14. The number of halogens is 2. The van der Waals surface area contributed by atoms with Gasteiger partial charge in [-0.2, -0.15) is 11.8 Å². The van der Waals surface area contributed by atoms with Gasteiger partial charge in [0.05, 0.1) is 0 Å². The van der Waals surface area contributed by atoms with Crippen molar-refractivity contribution in [2.45, 2.75) is 22.5 Å². The highest BCUT2D eigenvalue weighted by Gasteiger charge is 2.43. The Balaban J connectivity index is 2.25. The molecule has 0 atom stereocenters. The van der Waals surface area contributed by atoms with Gasteiger partial charge in [-0.25, -0.2) is 21.9 Å². The molecule has 106 valence electrons. The van der Waals surface area contributed by atoms with E-state index in [2.05, 4.69) is 4.72 Å². The van der Waals surface area contributed by atoms with Crippen LogP contribution in [0, 0.1) is 11.6 Å². The molecular weight excluding hydrogens is 294 g/mol. The molecule has 2 rings (SSSR count). The highest BCUT2D eigenvalue weighted by atomic mass is 32.2. The van der Waals surface area contributed by atoms with E-state index in [9.17, 15) is 17.2 Å². The molecule has 1 aromatic rings. The average molecular weight is 308 g/mol. The van der Waals surface area contributed by atoms with Crippen molar-refractivity contribution in [3.05, 3.63) is 23.8 Å². The first-order valence-corrected chi connectivity index (χ1v) is 8.30. The fourth-order valence-electron chi connectivity index (χ4n) is 1.73. The van der Waals surface area contributed by atoms with Gasteiger partial charge in [-0.15, -0.1) is 0 Å². The Labute approximate surface area is 114 Å². The summed E-state index contributed by atoms with van der Waals surface area (Å²) < 4.78 is 53.2. The standard InChI is InChI=1S/C11H14F2N2O2S2/c1-18-11(2-3-11)6-15-19(16,17)10-8(12)4-7(14)5-9(10)13/h4-5,15H,2-3,6,14H2,1H3. The lowest BCUT2D eigenvalue weighted by atomic mass is 10.3. The number of nitrogen functional groups attached to an aromatic ring is 1. The average Bonchev–Trinajstić information content (AvgIpc) is 3.05. The maximum Gasteiger partial charge on any atom is 0.246 e. The van der Waals surface area contributed by atoms with E-state index in [0.29, 0.717) is 0 Å². The molecule has 0 bridgehead atoms. The Morgan fingerprint density at radius 2 is 1.89 bits per heavy atom. The molecule has 0 amide bonds. The van der Waals surface area contributed by atoms with Crippen molar-refractivity contribution in [2.24, 2.45) is 0 Å². The molecule has 1 fully saturated rings. The van der Waals surface area contributed by atoms with E-state index in [1.807, 2.05) is 6.26 Å². The van der Waals surface area contributed by atoms with Crippen LogP contribution in [0.5, 0.6) is 0 Å². The molecule has 1 aliphatic carbocycles. The predicted octanol–water partition coefficient (Wildman–Crippen LogP) is 1.72. The molecule has 8 heteroatoms. The molecule has 0 unspecified atom stereocenters. The Morgan fingerprint density at radius 3 is 2.32 bits per heavy atom. The van der Waals surface area contributed by atoms with Gasteiger partial charge in [0.2, 0.25) is 10.0 Å². The Kier molecular flexibility index (Phi) is 3.76. The molecule has 0 aliphatic heterocycles. The van der Waals surface area contributed by atoms with Crippen molar-refractivity contribution in [1.82, 2.24) is 4.72 Å². The summed E-state index contributed by atoms with van der Waals surface area (Å²) in [6, 6.07) is 1.58. The van der Waals surface area contributed by atoms with Crippen LogP contribution in [0.1, 0.15) is 12.8 Å². The van der Waals surface area contributed by atoms with Crippen LogP contribution in [0.3, 0.4) is 0 Å². The number of sulfonamides is 1. The van der Waals surface area contributed by atoms with E-state index in [4.69, 9.17) is 5.73 Å². The lowest BCUT2D eigenvalue weighted by molar-refractivity contribution is 0.514. The third-order valence-electron chi connectivity index (χ3n) is 3.11. The molecule has 0 heterocycles. The van der Waals surface area contributed by atoms with Crippen LogP contribution in [0.25, 0.3) is 0 Å². The molecule has 0 saturated heterocycles. The number of hydrogen-bond donors (Lipinski definition) is 2. The number of rotatable bonds is 5. The Bertz CT molecular complexity index is 578. The van der Waals surface area contributed by atoms with Gasteiger partial charge in [-0.1, -0.05) is 0 Å². The fourth-order valence-corrected chi connectivity index (χ4v) is 3.79. The number of anilines is 1. The minimum Gasteiger partial charge on any atom is -0.399 e. The van der Waals surface area contributed by atoms with Gasteiger partial charge in [-0.05, 0) is 31.2 Å². The summed E-state index contributed by atoms with van der Waals surface area (Å²) in [6.07, 6.45) is 3.67. The highest BCUT2D eigenvalue weighted by Crippen LogP contribution is 2.46. The van der Waals surface area contributed by atoms with Gasteiger partial charge < -0.3 is 5.73 Å². The normalized spacial score (nSPS) is 17.4. The number of nitrogens with two attached hydrogens (primary N) is 1. The molecule has 3 N–H and O–H groups in total. The molecule has 0 radical (unpaired) electrons. The fraction of sp³-hybridized carbons (Fsp3) is 0.455. The molecular formula is C11H14F2N2O2S2. The van der Waals surface area contributed by atoms with Crippen LogP contribution in [0.2, 0.25) is 0 Å². The number of nitrogens with one attached hydrogen (secondary N) is 1. The summed E-state index contributed by atoms with van der Waals surface area (Å²) in [5, 5.41) is 0. The maximum atomic E-state index is 13.6. The van der Waals surface area contributed by atoms with Crippen molar-refractivity contribution in [3.8, 4) is 0 Å². The minimum absolute atomic E-state index is 0.131. The lowest BCUT2D eigenvalue weighted by Crippen LogP contribution is -2.32. The molecule has 0 aromatic heterocycles. The molecule has 4 nitrogen and oxygen atoms in total. The summed E-state index contributed by atoms with van der Waals surface area (Å²) in [7, 11) is -4.21. The van der Waals surface area contributed by atoms with Gasteiger partial charge in [0.15, 0.2) is 4.90 Å². The molecule has 1 aromatic carbocycles. The van der Waals surface area contributed by atoms with E-state index in [1.54, 1.807) is 11.8 Å². The quantitative estimate of drug-likeness (QED) is 0.813. The molecule has 19 heavy (non-hydrogen) atoms. The van der Waals surface area contributed by atoms with E-state index < -0.39 is 26.6 Å². The first-order valence-electron chi connectivity index (χ1n) is 5.59. The number of thioether (sulfide) groups is 1. The highest BCUT2D eigenvalue weighted by molar-refractivity contribution is 8.00. The van der Waals surface area contributed by atoms with Gasteiger partial charge in [0, 0.05) is 17.0 Å². The number of hydrogen-bond acceptors (Lipinski definition) is 4. The second kappa shape index (κ2) is 4.92. The summed E-state index contributed by atoms with van der Waals surface area (Å²) in [5.74, 6) is -2.36. The maximum absolute atomic E-state index is 13.6. The van der Waals surface area contributed by atoms with Crippen molar-refractivity contribution in [2.75, 3.05) is 18.5 Å². The largest absolute Gasteiger partial charge is 0.399 e. The first kappa shape index (κ1) is 14.5. The third kappa shape index (κ3) is 3.01. The van der Waals surface area contributed by atoms with E-state index in [-0.39, 0.29) is 17.0 Å². The predicted molar refractivity (Wildman–Crippen MR) is 71.4 cm³/mol. The Morgan fingerprint density at radius 1 is 1.37 bits per heavy atom. The summed E-state index contributed by atoms with van der Waals surface area (Å²) in [4.78, 5) is -0.974. The van der Waals surface area contributed by atoms with Crippen molar-refractivity contribution in [3.63, 3.8) is 0 Å². The van der Waals surface area contributed by atoms with Crippen molar-refractivity contribution < 1.29 is 17.2 Å². The molecule has 1 aliphatic rings. The zero-order chi connectivity index (χ0) is 14.3. The van der Waals surface area contributed by atoms with Crippen LogP contribution < -0.4 is 10.5 Å². The molecule has 1 saturated carbocycles. The first-order chi connectivity index (χ1) is 8.80. The zero-order valence-corrected chi connectivity index (χ0v) is 11.9. The van der Waals surface area contributed by atoms with Crippen LogP contribution in [0.4, 0.5) is 14.5 Å². The monoisotopic (exact) mass is 308 g/mol. The summed E-state index contributed by atoms with van der Waals surface area (Å²) in [5.41, 5.74) is 5.09. The third-order valence-corrected chi connectivity index (χ3v) is 5.98. The van der Waals surface area contributed by atoms with Crippen LogP contribution in [-0.2, 0) is 10.0 Å².